The monoisotopic (exact) mass is 171 g/mol. The molecule has 4 heteroatoms. The Bertz CT molecular complexity index is 143. The standard InChI is InChI=1S/C8H17N3O/c1-9-8(12)3-5-11-7-2-4-10-6-7/h7,10-11H,2-6H2,1H3,(H,9,12). The molecule has 1 amide bonds. The minimum absolute atomic E-state index is 0.105. The SMILES string of the molecule is CNC(=O)CCNC1CCNC1. The lowest BCUT2D eigenvalue weighted by molar-refractivity contribution is -0.120. The normalized spacial score (nSPS) is 22.6. The van der Waals surface area contributed by atoms with Gasteiger partial charge in [0.15, 0.2) is 0 Å². The van der Waals surface area contributed by atoms with Crippen LogP contribution in [-0.4, -0.2) is 38.6 Å². The molecule has 0 radical (unpaired) electrons. The highest BCUT2D eigenvalue weighted by Crippen LogP contribution is 1.96. The van der Waals surface area contributed by atoms with Gasteiger partial charge in [-0.15, -0.1) is 0 Å². The van der Waals surface area contributed by atoms with Crippen molar-refractivity contribution in [1.29, 1.82) is 0 Å². The Labute approximate surface area is 73.1 Å². The molecule has 0 aliphatic carbocycles. The Morgan fingerprint density at radius 3 is 3.08 bits per heavy atom. The van der Waals surface area contributed by atoms with E-state index in [0.717, 1.165) is 19.6 Å². The van der Waals surface area contributed by atoms with E-state index in [9.17, 15) is 4.79 Å². The summed E-state index contributed by atoms with van der Waals surface area (Å²) in [5.41, 5.74) is 0. The van der Waals surface area contributed by atoms with Gasteiger partial charge in [-0.25, -0.2) is 0 Å². The first kappa shape index (κ1) is 9.48. The van der Waals surface area contributed by atoms with E-state index >= 15 is 0 Å². The Balaban J connectivity index is 1.97. The zero-order valence-electron chi connectivity index (χ0n) is 7.52. The second kappa shape index (κ2) is 5.11. The van der Waals surface area contributed by atoms with Crippen molar-refractivity contribution in [2.75, 3.05) is 26.7 Å². The van der Waals surface area contributed by atoms with Crippen LogP contribution in [0.2, 0.25) is 0 Å². The Morgan fingerprint density at radius 2 is 2.50 bits per heavy atom. The number of hydrogen-bond acceptors (Lipinski definition) is 3. The van der Waals surface area contributed by atoms with Gasteiger partial charge >= 0.3 is 0 Å². The molecule has 1 aliphatic heterocycles. The molecule has 0 aromatic rings. The molecule has 0 aromatic carbocycles. The van der Waals surface area contributed by atoms with Gasteiger partial charge in [0.2, 0.25) is 5.91 Å². The second-order valence-corrected chi connectivity index (χ2v) is 3.07. The zero-order chi connectivity index (χ0) is 8.81. The molecule has 1 heterocycles. The molecule has 1 saturated heterocycles. The topological polar surface area (TPSA) is 53.2 Å². The molecule has 1 unspecified atom stereocenters. The van der Waals surface area contributed by atoms with Gasteiger partial charge in [0.25, 0.3) is 0 Å². The zero-order valence-corrected chi connectivity index (χ0v) is 7.52. The summed E-state index contributed by atoms with van der Waals surface area (Å²) in [6.07, 6.45) is 1.75. The summed E-state index contributed by atoms with van der Waals surface area (Å²) in [4.78, 5) is 10.8. The van der Waals surface area contributed by atoms with Crippen molar-refractivity contribution >= 4 is 5.91 Å². The van der Waals surface area contributed by atoms with Crippen molar-refractivity contribution in [3.8, 4) is 0 Å². The fraction of sp³-hybridized carbons (Fsp3) is 0.875. The molecular formula is C8H17N3O. The fourth-order valence-electron chi connectivity index (χ4n) is 1.34. The third-order valence-electron chi connectivity index (χ3n) is 2.12. The van der Waals surface area contributed by atoms with Crippen LogP contribution in [0.15, 0.2) is 0 Å². The Hall–Kier alpha value is -0.610. The molecule has 1 atom stereocenters. The third-order valence-corrected chi connectivity index (χ3v) is 2.12. The van der Waals surface area contributed by atoms with Crippen LogP contribution in [0.3, 0.4) is 0 Å². The molecular weight excluding hydrogens is 154 g/mol. The molecule has 1 fully saturated rings. The lowest BCUT2D eigenvalue weighted by atomic mass is 10.2. The first-order valence-corrected chi connectivity index (χ1v) is 4.47. The summed E-state index contributed by atoms with van der Waals surface area (Å²) >= 11 is 0. The average Bonchev–Trinajstić information content (AvgIpc) is 2.57. The number of amides is 1. The maximum absolute atomic E-state index is 10.8. The van der Waals surface area contributed by atoms with Crippen LogP contribution in [0.25, 0.3) is 0 Å². The van der Waals surface area contributed by atoms with Crippen LogP contribution in [0.4, 0.5) is 0 Å². The van der Waals surface area contributed by atoms with Gasteiger partial charge in [-0.1, -0.05) is 0 Å². The number of rotatable bonds is 4. The van der Waals surface area contributed by atoms with Gasteiger partial charge in [0, 0.05) is 32.6 Å². The van der Waals surface area contributed by atoms with E-state index in [4.69, 9.17) is 0 Å². The minimum Gasteiger partial charge on any atom is -0.359 e. The third kappa shape index (κ3) is 3.19. The van der Waals surface area contributed by atoms with E-state index in [1.54, 1.807) is 7.05 Å². The number of carbonyl (C=O) groups excluding carboxylic acids is 1. The molecule has 0 saturated carbocycles. The second-order valence-electron chi connectivity index (χ2n) is 3.07. The van der Waals surface area contributed by atoms with Gasteiger partial charge in [0.1, 0.15) is 0 Å². The molecule has 0 aromatic heterocycles. The van der Waals surface area contributed by atoms with E-state index in [1.807, 2.05) is 0 Å². The number of carbonyl (C=O) groups is 1. The van der Waals surface area contributed by atoms with Crippen molar-refractivity contribution in [2.24, 2.45) is 0 Å². The van der Waals surface area contributed by atoms with E-state index in [0.29, 0.717) is 12.5 Å². The maximum Gasteiger partial charge on any atom is 0.221 e. The van der Waals surface area contributed by atoms with Gasteiger partial charge in [-0.05, 0) is 13.0 Å². The molecule has 1 rings (SSSR count). The predicted octanol–water partition coefficient (Wildman–Crippen LogP) is -0.926. The Kier molecular flexibility index (Phi) is 4.04. The van der Waals surface area contributed by atoms with Crippen LogP contribution in [0, 0.1) is 0 Å². The number of nitrogens with one attached hydrogen (secondary N) is 3. The lowest BCUT2D eigenvalue weighted by Gasteiger charge is -2.09. The van der Waals surface area contributed by atoms with E-state index in [-0.39, 0.29) is 5.91 Å². The largest absolute Gasteiger partial charge is 0.359 e. The molecule has 70 valence electrons. The van der Waals surface area contributed by atoms with Gasteiger partial charge in [-0.3, -0.25) is 4.79 Å². The van der Waals surface area contributed by atoms with Crippen molar-refractivity contribution in [3.63, 3.8) is 0 Å². The summed E-state index contributed by atoms with van der Waals surface area (Å²) < 4.78 is 0. The van der Waals surface area contributed by atoms with E-state index in [1.165, 1.54) is 6.42 Å². The minimum atomic E-state index is 0.105. The van der Waals surface area contributed by atoms with Crippen molar-refractivity contribution in [1.82, 2.24) is 16.0 Å². The van der Waals surface area contributed by atoms with E-state index in [2.05, 4.69) is 16.0 Å². The van der Waals surface area contributed by atoms with Crippen LogP contribution < -0.4 is 16.0 Å². The highest BCUT2D eigenvalue weighted by molar-refractivity contribution is 5.75. The summed E-state index contributed by atoms with van der Waals surface area (Å²) in [6.45, 7) is 2.91. The van der Waals surface area contributed by atoms with Crippen LogP contribution >= 0.6 is 0 Å². The summed E-state index contributed by atoms with van der Waals surface area (Å²) in [6, 6.07) is 0.564. The van der Waals surface area contributed by atoms with Gasteiger partial charge < -0.3 is 16.0 Å². The predicted molar refractivity (Wildman–Crippen MR) is 48.0 cm³/mol. The highest BCUT2D eigenvalue weighted by Gasteiger charge is 2.12. The summed E-state index contributed by atoms with van der Waals surface area (Å²) in [5, 5.41) is 9.18. The van der Waals surface area contributed by atoms with Crippen LogP contribution in [0.5, 0.6) is 0 Å². The lowest BCUT2D eigenvalue weighted by Crippen LogP contribution is -2.34. The van der Waals surface area contributed by atoms with Crippen molar-refractivity contribution in [2.45, 2.75) is 18.9 Å². The van der Waals surface area contributed by atoms with Gasteiger partial charge in [0.05, 0.1) is 0 Å². The molecule has 3 N–H and O–H groups in total. The van der Waals surface area contributed by atoms with Crippen LogP contribution in [0.1, 0.15) is 12.8 Å². The molecule has 0 bridgehead atoms. The van der Waals surface area contributed by atoms with Crippen molar-refractivity contribution < 1.29 is 4.79 Å². The van der Waals surface area contributed by atoms with Crippen LogP contribution in [-0.2, 0) is 4.79 Å². The number of hydrogen-bond donors (Lipinski definition) is 3. The molecule has 0 spiro atoms. The van der Waals surface area contributed by atoms with Gasteiger partial charge in [-0.2, -0.15) is 0 Å². The first-order valence-electron chi connectivity index (χ1n) is 4.47. The Morgan fingerprint density at radius 1 is 1.67 bits per heavy atom. The summed E-state index contributed by atoms with van der Waals surface area (Å²) in [7, 11) is 1.67. The van der Waals surface area contributed by atoms with Crippen molar-refractivity contribution in [3.05, 3.63) is 0 Å². The maximum atomic E-state index is 10.8. The quantitative estimate of drug-likeness (QED) is 0.512. The molecule has 12 heavy (non-hydrogen) atoms. The summed E-state index contributed by atoms with van der Waals surface area (Å²) in [5.74, 6) is 0.105. The first-order chi connectivity index (χ1) is 5.83. The molecule has 4 nitrogen and oxygen atoms in total. The average molecular weight is 171 g/mol. The fourth-order valence-corrected chi connectivity index (χ4v) is 1.34. The van der Waals surface area contributed by atoms with E-state index < -0.39 is 0 Å². The highest BCUT2D eigenvalue weighted by atomic mass is 16.1. The smallest absolute Gasteiger partial charge is 0.221 e. The molecule has 1 aliphatic rings.